The van der Waals surface area contributed by atoms with Gasteiger partial charge in [0.05, 0.1) is 10.7 Å². The number of hydrogen-bond donors (Lipinski definition) is 2. The van der Waals surface area contributed by atoms with Crippen LogP contribution in [0.15, 0.2) is 36.5 Å². The standard InChI is InChI=1S/C14H11ClFN3O2/c1-17-13(20)8-2-3-10(15)11(6-8)19-14(21)9-4-5-18-12(16)7-9/h2-7H,1H3,(H,17,20)(H,19,21). The maximum atomic E-state index is 13.0. The van der Waals surface area contributed by atoms with E-state index in [4.69, 9.17) is 11.6 Å². The van der Waals surface area contributed by atoms with Crippen molar-refractivity contribution in [2.24, 2.45) is 0 Å². The zero-order valence-corrected chi connectivity index (χ0v) is 11.7. The lowest BCUT2D eigenvalue weighted by Crippen LogP contribution is -2.18. The minimum absolute atomic E-state index is 0.101. The molecule has 0 fully saturated rings. The van der Waals surface area contributed by atoms with Gasteiger partial charge in [-0.05, 0) is 24.3 Å². The topological polar surface area (TPSA) is 71.1 Å². The first-order valence-corrected chi connectivity index (χ1v) is 6.33. The number of halogens is 2. The molecule has 1 aromatic heterocycles. The molecule has 5 nitrogen and oxygen atoms in total. The maximum Gasteiger partial charge on any atom is 0.255 e. The van der Waals surface area contributed by atoms with E-state index in [1.807, 2.05) is 0 Å². The van der Waals surface area contributed by atoms with Crippen LogP contribution in [0.3, 0.4) is 0 Å². The number of amides is 2. The van der Waals surface area contributed by atoms with E-state index >= 15 is 0 Å². The summed E-state index contributed by atoms with van der Waals surface area (Å²) in [6, 6.07) is 6.84. The second-order valence-electron chi connectivity index (χ2n) is 4.10. The number of nitrogens with zero attached hydrogens (tertiary/aromatic N) is 1. The van der Waals surface area contributed by atoms with Gasteiger partial charge in [-0.3, -0.25) is 9.59 Å². The van der Waals surface area contributed by atoms with Crippen molar-refractivity contribution < 1.29 is 14.0 Å². The van der Waals surface area contributed by atoms with Crippen LogP contribution in [0.1, 0.15) is 20.7 Å². The van der Waals surface area contributed by atoms with Gasteiger partial charge in [0.15, 0.2) is 0 Å². The van der Waals surface area contributed by atoms with Gasteiger partial charge in [-0.15, -0.1) is 0 Å². The Balaban J connectivity index is 2.26. The molecule has 108 valence electrons. The van der Waals surface area contributed by atoms with Crippen molar-refractivity contribution in [2.75, 3.05) is 12.4 Å². The van der Waals surface area contributed by atoms with Gasteiger partial charge in [-0.25, -0.2) is 4.98 Å². The first kappa shape index (κ1) is 14.9. The highest BCUT2D eigenvalue weighted by Crippen LogP contribution is 2.23. The Morgan fingerprint density at radius 1 is 1.14 bits per heavy atom. The molecule has 0 saturated carbocycles. The Bertz CT molecular complexity index is 706. The average molecular weight is 308 g/mol. The molecule has 21 heavy (non-hydrogen) atoms. The van der Waals surface area contributed by atoms with Crippen molar-refractivity contribution >= 4 is 29.1 Å². The minimum atomic E-state index is -0.757. The molecular formula is C14H11ClFN3O2. The Morgan fingerprint density at radius 3 is 2.52 bits per heavy atom. The van der Waals surface area contributed by atoms with Gasteiger partial charge < -0.3 is 10.6 Å². The van der Waals surface area contributed by atoms with Crippen LogP contribution in [0.5, 0.6) is 0 Å². The minimum Gasteiger partial charge on any atom is -0.355 e. The number of rotatable bonds is 3. The molecule has 1 aromatic carbocycles. The van der Waals surface area contributed by atoms with E-state index < -0.39 is 11.9 Å². The molecule has 0 spiro atoms. The molecule has 0 saturated heterocycles. The second kappa shape index (κ2) is 6.32. The maximum absolute atomic E-state index is 13.0. The lowest BCUT2D eigenvalue weighted by atomic mass is 10.1. The number of benzene rings is 1. The monoisotopic (exact) mass is 307 g/mol. The highest BCUT2D eigenvalue weighted by Gasteiger charge is 2.12. The van der Waals surface area contributed by atoms with Crippen LogP contribution in [0.25, 0.3) is 0 Å². The molecule has 2 amide bonds. The van der Waals surface area contributed by atoms with E-state index in [9.17, 15) is 14.0 Å². The van der Waals surface area contributed by atoms with E-state index in [0.29, 0.717) is 5.56 Å². The summed E-state index contributed by atoms with van der Waals surface area (Å²) in [4.78, 5) is 26.9. The van der Waals surface area contributed by atoms with Gasteiger partial charge in [-0.2, -0.15) is 4.39 Å². The van der Waals surface area contributed by atoms with Crippen molar-refractivity contribution in [1.29, 1.82) is 0 Å². The highest BCUT2D eigenvalue weighted by atomic mass is 35.5. The number of nitrogens with one attached hydrogen (secondary N) is 2. The molecule has 0 aliphatic heterocycles. The Hall–Kier alpha value is -2.47. The van der Waals surface area contributed by atoms with Crippen LogP contribution >= 0.6 is 11.6 Å². The number of aromatic nitrogens is 1. The lowest BCUT2D eigenvalue weighted by Gasteiger charge is -2.09. The number of carbonyl (C=O) groups excluding carboxylic acids is 2. The number of anilines is 1. The van der Waals surface area contributed by atoms with E-state index in [0.717, 1.165) is 6.07 Å². The van der Waals surface area contributed by atoms with Gasteiger partial charge in [0.2, 0.25) is 5.95 Å². The summed E-state index contributed by atoms with van der Waals surface area (Å²) in [5, 5.41) is 5.26. The lowest BCUT2D eigenvalue weighted by molar-refractivity contribution is 0.0961. The van der Waals surface area contributed by atoms with Crippen LogP contribution in [-0.4, -0.2) is 23.8 Å². The van der Waals surface area contributed by atoms with E-state index in [-0.39, 0.29) is 22.2 Å². The first-order valence-electron chi connectivity index (χ1n) is 5.96. The van der Waals surface area contributed by atoms with Crippen LogP contribution in [0.4, 0.5) is 10.1 Å². The Kier molecular flexibility index (Phi) is 4.49. The van der Waals surface area contributed by atoms with E-state index in [1.54, 1.807) is 0 Å². The van der Waals surface area contributed by atoms with Gasteiger partial charge in [0.1, 0.15) is 0 Å². The first-order chi connectivity index (χ1) is 10.0. The third-order valence-corrected chi connectivity index (χ3v) is 3.02. The molecule has 0 aliphatic rings. The smallest absolute Gasteiger partial charge is 0.255 e. The normalized spacial score (nSPS) is 10.0. The molecule has 2 N–H and O–H groups in total. The molecule has 2 aromatic rings. The molecule has 2 rings (SSSR count). The molecular weight excluding hydrogens is 297 g/mol. The summed E-state index contributed by atoms with van der Waals surface area (Å²) in [6.07, 6.45) is 1.19. The van der Waals surface area contributed by atoms with Crippen LogP contribution in [-0.2, 0) is 0 Å². The summed E-state index contributed by atoms with van der Waals surface area (Å²) in [5.41, 5.74) is 0.710. The van der Waals surface area contributed by atoms with Gasteiger partial charge in [0.25, 0.3) is 11.8 Å². The summed E-state index contributed by atoms with van der Waals surface area (Å²) in [5.74, 6) is -1.61. The zero-order valence-electron chi connectivity index (χ0n) is 11.0. The molecule has 1 heterocycles. The predicted octanol–water partition coefficient (Wildman–Crippen LogP) is 2.49. The largest absolute Gasteiger partial charge is 0.355 e. The van der Waals surface area contributed by atoms with Gasteiger partial charge >= 0.3 is 0 Å². The Morgan fingerprint density at radius 2 is 1.86 bits per heavy atom. The third-order valence-electron chi connectivity index (χ3n) is 2.69. The van der Waals surface area contributed by atoms with Crippen molar-refractivity contribution in [1.82, 2.24) is 10.3 Å². The Labute approximate surface area is 125 Å². The van der Waals surface area contributed by atoms with Crippen molar-refractivity contribution in [2.45, 2.75) is 0 Å². The summed E-state index contributed by atoms with van der Waals surface area (Å²) in [6.45, 7) is 0. The fourth-order valence-corrected chi connectivity index (χ4v) is 1.81. The molecule has 0 atom stereocenters. The van der Waals surface area contributed by atoms with Crippen LogP contribution in [0, 0.1) is 5.95 Å². The predicted molar refractivity (Wildman–Crippen MR) is 77.0 cm³/mol. The second-order valence-corrected chi connectivity index (χ2v) is 4.50. The van der Waals surface area contributed by atoms with E-state index in [1.165, 1.54) is 37.5 Å². The molecule has 0 radical (unpaired) electrons. The van der Waals surface area contributed by atoms with Crippen LogP contribution < -0.4 is 10.6 Å². The third kappa shape index (κ3) is 3.55. The molecule has 7 heteroatoms. The number of pyridine rings is 1. The molecule has 0 unspecified atom stereocenters. The van der Waals surface area contributed by atoms with E-state index in [2.05, 4.69) is 15.6 Å². The number of hydrogen-bond acceptors (Lipinski definition) is 3. The molecule has 0 bridgehead atoms. The quantitative estimate of drug-likeness (QED) is 0.856. The van der Waals surface area contributed by atoms with Gasteiger partial charge in [-0.1, -0.05) is 11.6 Å². The highest BCUT2D eigenvalue weighted by molar-refractivity contribution is 6.34. The van der Waals surface area contributed by atoms with Crippen LogP contribution in [0.2, 0.25) is 5.02 Å². The fraction of sp³-hybridized carbons (Fsp3) is 0.0714. The summed E-state index contributed by atoms with van der Waals surface area (Å²) < 4.78 is 13.0. The average Bonchev–Trinajstić information content (AvgIpc) is 2.48. The van der Waals surface area contributed by atoms with Crippen molar-refractivity contribution in [3.8, 4) is 0 Å². The van der Waals surface area contributed by atoms with Crippen molar-refractivity contribution in [3.63, 3.8) is 0 Å². The number of carbonyl (C=O) groups is 2. The SMILES string of the molecule is CNC(=O)c1ccc(Cl)c(NC(=O)c2ccnc(F)c2)c1. The van der Waals surface area contributed by atoms with Crippen molar-refractivity contribution in [3.05, 3.63) is 58.6 Å². The fourth-order valence-electron chi connectivity index (χ4n) is 1.64. The van der Waals surface area contributed by atoms with Gasteiger partial charge in [0, 0.05) is 30.4 Å². The molecule has 0 aliphatic carbocycles. The summed E-state index contributed by atoms with van der Waals surface area (Å²) >= 11 is 5.97. The zero-order chi connectivity index (χ0) is 15.4. The summed E-state index contributed by atoms with van der Waals surface area (Å²) in [7, 11) is 1.49.